The molecule has 0 fully saturated rings. The van der Waals surface area contributed by atoms with Gasteiger partial charge < -0.3 is 20.1 Å². The zero-order valence-electron chi connectivity index (χ0n) is 15.1. The summed E-state index contributed by atoms with van der Waals surface area (Å²) >= 11 is 0. The molecule has 0 spiro atoms. The zero-order valence-corrected chi connectivity index (χ0v) is 15.1. The summed E-state index contributed by atoms with van der Waals surface area (Å²) in [5, 5.41) is 5.79. The van der Waals surface area contributed by atoms with Gasteiger partial charge in [-0.2, -0.15) is 0 Å². The standard InChI is InChI=1S/C20H21N3O4/c1-2-19(24)23-17-11-26-10-16-14(8-21-9-15(16)17)12-3-4-13-18(7-12)27-6-5-22-20(13)25/h3-4,7-9,17H,2,5-6,10-11H2,1H3,(H,22,25)(H,23,24). The van der Waals surface area contributed by atoms with Crippen LogP contribution in [0.3, 0.4) is 0 Å². The van der Waals surface area contributed by atoms with E-state index in [1.807, 2.05) is 19.1 Å². The van der Waals surface area contributed by atoms with E-state index in [-0.39, 0.29) is 17.9 Å². The fraction of sp³-hybridized carbons (Fsp3) is 0.350. The minimum Gasteiger partial charge on any atom is -0.491 e. The number of nitrogens with zero attached hydrogens (tertiary/aromatic N) is 1. The Morgan fingerprint density at radius 1 is 1.33 bits per heavy atom. The molecule has 0 saturated heterocycles. The fourth-order valence-corrected chi connectivity index (χ4v) is 3.42. The lowest BCUT2D eigenvalue weighted by Crippen LogP contribution is -2.34. The minimum absolute atomic E-state index is 0.0219. The van der Waals surface area contributed by atoms with Crippen LogP contribution in [-0.4, -0.2) is 36.6 Å². The predicted molar refractivity (Wildman–Crippen MR) is 98.3 cm³/mol. The van der Waals surface area contributed by atoms with Crippen molar-refractivity contribution in [2.24, 2.45) is 0 Å². The van der Waals surface area contributed by atoms with Crippen LogP contribution in [0.15, 0.2) is 30.6 Å². The number of rotatable bonds is 3. The lowest BCUT2D eigenvalue weighted by Gasteiger charge is -2.28. The Morgan fingerprint density at radius 3 is 3.07 bits per heavy atom. The van der Waals surface area contributed by atoms with E-state index in [1.54, 1.807) is 18.5 Å². The smallest absolute Gasteiger partial charge is 0.255 e. The quantitative estimate of drug-likeness (QED) is 0.866. The van der Waals surface area contributed by atoms with Crippen LogP contribution in [0.1, 0.15) is 40.9 Å². The molecule has 7 heteroatoms. The molecule has 1 atom stereocenters. The molecule has 3 heterocycles. The van der Waals surface area contributed by atoms with Crippen molar-refractivity contribution in [2.45, 2.75) is 26.0 Å². The van der Waals surface area contributed by atoms with E-state index in [2.05, 4.69) is 15.6 Å². The van der Waals surface area contributed by atoms with Crippen LogP contribution in [-0.2, 0) is 16.1 Å². The normalized spacial score (nSPS) is 18.4. The zero-order chi connectivity index (χ0) is 18.8. The van der Waals surface area contributed by atoms with Crippen LogP contribution in [0.5, 0.6) is 5.75 Å². The Labute approximate surface area is 157 Å². The number of ether oxygens (including phenoxy) is 2. The summed E-state index contributed by atoms with van der Waals surface area (Å²) in [5.74, 6) is 0.409. The van der Waals surface area contributed by atoms with Gasteiger partial charge in [0.1, 0.15) is 12.4 Å². The van der Waals surface area contributed by atoms with E-state index in [9.17, 15) is 9.59 Å². The highest BCUT2D eigenvalue weighted by Crippen LogP contribution is 2.35. The Hall–Kier alpha value is -2.93. The predicted octanol–water partition coefficient (Wildman–Crippen LogP) is 1.97. The fourth-order valence-electron chi connectivity index (χ4n) is 3.42. The summed E-state index contributed by atoms with van der Waals surface area (Å²) in [4.78, 5) is 28.3. The largest absolute Gasteiger partial charge is 0.491 e. The molecule has 1 aromatic heterocycles. The first-order chi connectivity index (χ1) is 13.2. The lowest BCUT2D eigenvalue weighted by molar-refractivity contribution is -0.122. The minimum atomic E-state index is -0.212. The van der Waals surface area contributed by atoms with Crippen LogP contribution in [0.25, 0.3) is 11.1 Å². The van der Waals surface area contributed by atoms with Crippen molar-refractivity contribution in [3.63, 3.8) is 0 Å². The Morgan fingerprint density at radius 2 is 2.22 bits per heavy atom. The van der Waals surface area contributed by atoms with Crippen molar-refractivity contribution in [3.8, 4) is 16.9 Å². The van der Waals surface area contributed by atoms with Crippen LogP contribution < -0.4 is 15.4 Å². The van der Waals surface area contributed by atoms with Gasteiger partial charge in [0.15, 0.2) is 0 Å². The van der Waals surface area contributed by atoms with Crippen LogP contribution >= 0.6 is 0 Å². The maximum Gasteiger partial charge on any atom is 0.255 e. The maximum absolute atomic E-state index is 12.1. The van der Waals surface area contributed by atoms with E-state index in [0.29, 0.717) is 44.1 Å². The Bertz CT molecular complexity index is 897. The third kappa shape index (κ3) is 3.38. The highest BCUT2D eigenvalue weighted by molar-refractivity contribution is 5.98. The summed E-state index contributed by atoms with van der Waals surface area (Å²) in [6.45, 7) is 3.61. The summed E-state index contributed by atoms with van der Waals surface area (Å²) in [6, 6.07) is 5.31. The molecule has 2 amide bonds. The van der Waals surface area contributed by atoms with Crippen LogP contribution in [0.4, 0.5) is 0 Å². The first kappa shape index (κ1) is 17.5. The summed E-state index contributed by atoms with van der Waals surface area (Å²) in [6.07, 6.45) is 3.99. The number of benzene rings is 1. The topological polar surface area (TPSA) is 89.5 Å². The number of aromatic nitrogens is 1. The van der Waals surface area contributed by atoms with Gasteiger partial charge in [-0.3, -0.25) is 14.6 Å². The number of carbonyl (C=O) groups excluding carboxylic acids is 2. The molecule has 27 heavy (non-hydrogen) atoms. The number of fused-ring (bicyclic) bond motifs is 2. The van der Waals surface area contributed by atoms with Crippen LogP contribution in [0.2, 0.25) is 0 Å². The second kappa shape index (κ2) is 7.36. The van der Waals surface area contributed by atoms with Crippen molar-refractivity contribution < 1.29 is 19.1 Å². The van der Waals surface area contributed by atoms with Crippen molar-refractivity contribution in [1.29, 1.82) is 0 Å². The number of hydrogen-bond donors (Lipinski definition) is 2. The average molecular weight is 367 g/mol. The van der Waals surface area contributed by atoms with Gasteiger partial charge in [0, 0.05) is 29.9 Å². The summed E-state index contributed by atoms with van der Waals surface area (Å²) in [5.41, 5.74) is 4.31. The molecule has 2 aliphatic rings. The van der Waals surface area contributed by atoms with Gasteiger partial charge in [0.05, 0.1) is 31.4 Å². The molecular weight excluding hydrogens is 346 g/mol. The van der Waals surface area contributed by atoms with E-state index >= 15 is 0 Å². The molecule has 0 bridgehead atoms. The second-order valence-electron chi connectivity index (χ2n) is 6.56. The van der Waals surface area contributed by atoms with Gasteiger partial charge in [-0.25, -0.2) is 0 Å². The van der Waals surface area contributed by atoms with E-state index < -0.39 is 0 Å². The molecule has 4 rings (SSSR count). The highest BCUT2D eigenvalue weighted by atomic mass is 16.5. The van der Waals surface area contributed by atoms with Gasteiger partial charge in [-0.05, 0) is 23.3 Å². The number of hydrogen-bond acceptors (Lipinski definition) is 5. The average Bonchev–Trinajstić information content (AvgIpc) is 2.88. The molecule has 0 saturated carbocycles. The van der Waals surface area contributed by atoms with E-state index in [4.69, 9.17) is 9.47 Å². The van der Waals surface area contributed by atoms with E-state index in [1.165, 1.54) is 0 Å². The van der Waals surface area contributed by atoms with Gasteiger partial charge in [-0.15, -0.1) is 0 Å². The van der Waals surface area contributed by atoms with Gasteiger partial charge in [0.25, 0.3) is 5.91 Å². The highest BCUT2D eigenvalue weighted by Gasteiger charge is 2.26. The molecule has 1 unspecified atom stereocenters. The molecule has 2 aliphatic heterocycles. The number of carbonyl (C=O) groups is 2. The third-order valence-electron chi connectivity index (χ3n) is 4.84. The first-order valence-corrected chi connectivity index (χ1v) is 9.06. The lowest BCUT2D eigenvalue weighted by atomic mass is 9.93. The first-order valence-electron chi connectivity index (χ1n) is 9.06. The van der Waals surface area contributed by atoms with Crippen molar-refractivity contribution in [3.05, 3.63) is 47.3 Å². The van der Waals surface area contributed by atoms with Crippen molar-refractivity contribution in [2.75, 3.05) is 19.8 Å². The monoisotopic (exact) mass is 367 g/mol. The van der Waals surface area contributed by atoms with E-state index in [0.717, 1.165) is 22.3 Å². The molecule has 0 radical (unpaired) electrons. The number of amides is 2. The SMILES string of the molecule is CCC(=O)NC1COCc2c(-c3ccc4c(c3)OCCNC4=O)cncc21. The van der Waals surface area contributed by atoms with Gasteiger partial charge in [0.2, 0.25) is 5.91 Å². The molecular formula is C20H21N3O4. The molecule has 2 aromatic rings. The Balaban J connectivity index is 1.73. The molecule has 1 aromatic carbocycles. The van der Waals surface area contributed by atoms with Crippen molar-refractivity contribution >= 4 is 11.8 Å². The molecule has 0 aliphatic carbocycles. The van der Waals surface area contributed by atoms with Crippen LogP contribution in [0, 0.1) is 0 Å². The number of pyridine rings is 1. The second-order valence-corrected chi connectivity index (χ2v) is 6.56. The molecule has 140 valence electrons. The Kier molecular flexibility index (Phi) is 4.77. The molecule has 2 N–H and O–H groups in total. The summed E-state index contributed by atoms with van der Waals surface area (Å²) < 4.78 is 11.4. The van der Waals surface area contributed by atoms with Gasteiger partial charge in [-0.1, -0.05) is 13.0 Å². The van der Waals surface area contributed by atoms with Gasteiger partial charge >= 0.3 is 0 Å². The number of nitrogens with one attached hydrogen (secondary N) is 2. The summed E-state index contributed by atoms with van der Waals surface area (Å²) in [7, 11) is 0. The third-order valence-corrected chi connectivity index (χ3v) is 4.84. The maximum atomic E-state index is 12.1. The molecule has 7 nitrogen and oxygen atoms in total. The van der Waals surface area contributed by atoms with Crippen molar-refractivity contribution in [1.82, 2.24) is 15.6 Å².